The van der Waals surface area contributed by atoms with Gasteiger partial charge in [-0.3, -0.25) is 0 Å². The molecule has 0 radical (unpaired) electrons. The van der Waals surface area contributed by atoms with E-state index >= 15 is 0 Å². The molecule has 5 nitrogen and oxygen atoms in total. The van der Waals surface area contributed by atoms with Crippen LogP contribution in [0.2, 0.25) is 0 Å². The molecule has 6 heteroatoms. The molecule has 0 aliphatic heterocycles. The van der Waals surface area contributed by atoms with Gasteiger partial charge in [0.25, 0.3) is 0 Å². The number of nitro groups is 1. The van der Waals surface area contributed by atoms with Crippen molar-refractivity contribution < 1.29 is 4.92 Å². The van der Waals surface area contributed by atoms with Crippen LogP contribution >= 0.6 is 15.9 Å². The zero-order valence-corrected chi connectivity index (χ0v) is 7.83. The van der Waals surface area contributed by atoms with Gasteiger partial charge in [-0.25, -0.2) is 0 Å². The zero-order valence-electron chi connectivity index (χ0n) is 6.24. The maximum absolute atomic E-state index is 10.4. The third-order valence-corrected chi connectivity index (χ3v) is 1.96. The Balaban J connectivity index is 3.27. The van der Waals surface area contributed by atoms with Crippen LogP contribution in [0.5, 0.6) is 0 Å². The van der Waals surface area contributed by atoms with E-state index in [1.807, 2.05) is 0 Å². The molecule has 0 spiro atoms. The minimum Gasteiger partial charge on any atom is -0.380 e. The number of nitrogens with zero attached hydrogens (tertiary/aromatic N) is 2. The summed E-state index contributed by atoms with van der Waals surface area (Å²) in [5.41, 5.74) is 0.391. The summed E-state index contributed by atoms with van der Waals surface area (Å²) < 4.78 is 0.631. The SMILES string of the molecule is CNc1c(Br)ccnc1[N+](=O)[O-]. The van der Waals surface area contributed by atoms with Crippen LogP contribution in [0.1, 0.15) is 0 Å². The molecule has 0 atom stereocenters. The first kappa shape index (κ1) is 8.92. The summed E-state index contributed by atoms with van der Waals surface area (Å²) in [4.78, 5) is 13.5. The Kier molecular flexibility index (Phi) is 2.59. The Bertz CT molecular complexity index is 316. The average Bonchev–Trinajstić information content (AvgIpc) is 2.03. The normalized spacial score (nSPS) is 9.50. The first-order valence-electron chi connectivity index (χ1n) is 3.13. The van der Waals surface area contributed by atoms with Crippen LogP contribution in [0.4, 0.5) is 11.5 Å². The second kappa shape index (κ2) is 3.48. The number of hydrogen-bond donors (Lipinski definition) is 1. The lowest BCUT2D eigenvalue weighted by Gasteiger charge is -2.01. The minimum absolute atomic E-state index is 0.174. The molecule has 1 aromatic rings. The van der Waals surface area contributed by atoms with E-state index in [-0.39, 0.29) is 5.82 Å². The van der Waals surface area contributed by atoms with Crippen molar-refractivity contribution in [2.45, 2.75) is 0 Å². The van der Waals surface area contributed by atoms with E-state index in [2.05, 4.69) is 26.2 Å². The molecular formula is C6H6BrN3O2. The van der Waals surface area contributed by atoms with Gasteiger partial charge in [-0.2, -0.15) is 0 Å². The molecule has 1 N–H and O–H groups in total. The molecule has 0 saturated heterocycles. The third-order valence-electron chi connectivity index (χ3n) is 1.30. The van der Waals surface area contributed by atoms with Gasteiger partial charge in [-0.15, -0.1) is 0 Å². The smallest absolute Gasteiger partial charge is 0.380 e. The zero-order chi connectivity index (χ0) is 9.14. The number of halogens is 1. The van der Waals surface area contributed by atoms with Crippen molar-refractivity contribution in [3.8, 4) is 0 Å². The fourth-order valence-corrected chi connectivity index (χ4v) is 1.29. The average molecular weight is 232 g/mol. The number of pyridine rings is 1. The maximum atomic E-state index is 10.4. The van der Waals surface area contributed by atoms with Gasteiger partial charge in [0.1, 0.15) is 11.9 Å². The Hall–Kier alpha value is -1.17. The highest BCUT2D eigenvalue weighted by Gasteiger charge is 2.15. The molecule has 0 saturated carbocycles. The highest BCUT2D eigenvalue weighted by molar-refractivity contribution is 9.10. The number of aromatic nitrogens is 1. The summed E-state index contributed by atoms with van der Waals surface area (Å²) >= 11 is 3.17. The quantitative estimate of drug-likeness (QED) is 0.623. The van der Waals surface area contributed by atoms with E-state index in [9.17, 15) is 10.1 Å². The molecule has 0 aliphatic carbocycles. The molecule has 0 aromatic carbocycles. The van der Waals surface area contributed by atoms with Gasteiger partial charge in [-0.1, -0.05) is 0 Å². The van der Waals surface area contributed by atoms with E-state index in [4.69, 9.17) is 0 Å². The fourth-order valence-electron chi connectivity index (χ4n) is 0.798. The van der Waals surface area contributed by atoms with Crippen molar-refractivity contribution in [1.29, 1.82) is 0 Å². The lowest BCUT2D eigenvalue weighted by molar-refractivity contribution is -0.388. The van der Waals surface area contributed by atoms with Crippen molar-refractivity contribution in [2.24, 2.45) is 0 Å². The Morgan fingerprint density at radius 2 is 2.42 bits per heavy atom. The van der Waals surface area contributed by atoms with Gasteiger partial charge in [0.2, 0.25) is 0 Å². The third kappa shape index (κ3) is 1.53. The molecule has 0 amide bonds. The number of anilines is 1. The van der Waals surface area contributed by atoms with Gasteiger partial charge < -0.3 is 15.4 Å². The summed E-state index contributed by atoms with van der Waals surface area (Å²) in [5.74, 6) is -0.174. The highest BCUT2D eigenvalue weighted by Crippen LogP contribution is 2.28. The van der Waals surface area contributed by atoms with E-state index in [1.165, 1.54) is 6.20 Å². The molecule has 64 valence electrons. The summed E-state index contributed by atoms with van der Waals surface area (Å²) in [5, 5.41) is 13.1. The Morgan fingerprint density at radius 1 is 1.75 bits per heavy atom. The van der Waals surface area contributed by atoms with Crippen LogP contribution in [0.25, 0.3) is 0 Å². The lowest BCUT2D eigenvalue weighted by Crippen LogP contribution is -1.99. The second-order valence-electron chi connectivity index (χ2n) is 2.00. The molecule has 0 aliphatic rings. The van der Waals surface area contributed by atoms with Gasteiger partial charge in [0.15, 0.2) is 0 Å². The number of rotatable bonds is 2. The molecule has 12 heavy (non-hydrogen) atoms. The number of hydrogen-bond acceptors (Lipinski definition) is 4. The van der Waals surface area contributed by atoms with Gasteiger partial charge in [-0.05, 0) is 31.9 Å². The molecule has 0 unspecified atom stereocenters. The van der Waals surface area contributed by atoms with Crippen LogP contribution in [0.3, 0.4) is 0 Å². The van der Waals surface area contributed by atoms with Crippen molar-refractivity contribution in [1.82, 2.24) is 4.98 Å². The summed E-state index contributed by atoms with van der Waals surface area (Å²) in [6.07, 6.45) is 1.38. The van der Waals surface area contributed by atoms with Gasteiger partial charge >= 0.3 is 5.82 Å². The Morgan fingerprint density at radius 3 is 2.83 bits per heavy atom. The lowest BCUT2D eigenvalue weighted by atomic mass is 10.4. The van der Waals surface area contributed by atoms with Crippen molar-refractivity contribution in [3.63, 3.8) is 0 Å². The van der Waals surface area contributed by atoms with Crippen molar-refractivity contribution >= 4 is 27.4 Å². The summed E-state index contributed by atoms with van der Waals surface area (Å²) in [6, 6.07) is 1.64. The maximum Gasteiger partial charge on any atom is 0.388 e. The fraction of sp³-hybridized carbons (Fsp3) is 0.167. The molecule has 1 heterocycles. The Labute approximate surface area is 77.1 Å². The monoisotopic (exact) mass is 231 g/mol. The highest BCUT2D eigenvalue weighted by atomic mass is 79.9. The first-order valence-corrected chi connectivity index (χ1v) is 3.92. The van der Waals surface area contributed by atoms with Crippen LogP contribution in [-0.2, 0) is 0 Å². The topological polar surface area (TPSA) is 68.1 Å². The van der Waals surface area contributed by atoms with Crippen molar-refractivity contribution in [2.75, 3.05) is 12.4 Å². The van der Waals surface area contributed by atoms with Crippen LogP contribution < -0.4 is 5.32 Å². The van der Waals surface area contributed by atoms with E-state index < -0.39 is 4.92 Å². The van der Waals surface area contributed by atoms with Crippen molar-refractivity contribution in [3.05, 3.63) is 26.9 Å². The summed E-state index contributed by atoms with van der Waals surface area (Å²) in [7, 11) is 1.61. The molecular weight excluding hydrogens is 226 g/mol. The molecule has 0 bridgehead atoms. The largest absolute Gasteiger partial charge is 0.388 e. The molecule has 1 aromatic heterocycles. The summed E-state index contributed by atoms with van der Waals surface area (Å²) in [6.45, 7) is 0. The molecule has 0 fully saturated rings. The van der Waals surface area contributed by atoms with E-state index in [0.29, 0.717) is 10.2 Å². The van der Waals surface area contributed by atoms with E-state index in [0.717, 1.165) is 0 Å². The van der Waals surface area contributed by atoms with Crippen LogP contribution in [0, 0.1) is 10.1 Å². The van der Waals surface area contributed by atoms with Gasteiger partial charge in [0.05, 0.1) is 4.47 Å². The molecule has 1 rings (SSSR count). The van der Waals surface area contributed by atoms with Crippen LogP contribution in [0.15, 0.2) is 16.7 Å². The minimum atomic E-state index is -0.531. The predicted molar refractivity (Wildman–Crippen MR) is 48.1 cm³/mol. The predicted octanol–water partition coefficient (Wildman–Crippen LogP) is 1.79. The van der Waals surface area contributed by atoms with E-state index in [1.54, 1.807) is 13.1 Å². The van der Waals surface area contributed by atoms with Crippen LogP contribution in [-0.4, -0.2) is 17.0 Å². The second-order valence-corrected chi connectivity index (χ2v) is 2.85. The standard InChI is InChI=1S/C6H6BrN3O2/c1-8-5-4(7)2-3-9-6(5)10(11)12/h2-3,8H,1H3. The number of nitrogens with one attached hydrogen (secondary N) is 1. The first-order chi connectivity index (χ1) is 5.66. The van der Waals surface area contributed by atoms with Gasteiger partial charge in [0, 0.05) is 7.05 Å².